The van der Waals surface area contributed by atoms with E-state index in [0.717, 1.165) is 15.8 Å². The number of furan rings is 1. The van der Waals surface area contributed by atoms with Gasteiger partial charge in [-0.15, -0.1) is 0 Å². The zero-order valence-electron chi connectivity index (χ0n) is 16.0. The van der Waals surface area contributed by atoms with E-state index in [-0.39, 0.29) is 22.0 Å². The Morgan fingerprint density at radius 1 is 1.07 bits per heavy atom. The Kier molecular flexibility index (Phi) is 5.71. The number of carbonyl (C=O) groups is 2. The number of hydrogen-bond acceptors (Lipinski definition) is 7. The molecule has 3 aromatic rings. The van der Waals surface area contributed by atoms with Gasteiger partial charge in [-0.05, 0) is 30.3 Å². The minimum atomic E-state index is -3.85. The highest BCUT2D eigenvalue weighted by Crippen LogP contribution is 2.27. The normalized spacial score (nSPS) is 11.6. The highest BCUT2D eigenvalue weighted by Gasteiger charge is 2.24. The largest absolute Gasteiger partial charge is 0.495 e. The second-order valence-corrected chi connectivity index (χ2v) is 8.42. The molecule has 0 fully saturated rings. The Morgan fingerprint density at radius 3 is 2.45 bits per heavy atom. The molecular formula is C20H19NO7S. The van der Waals surface area contributed by atoms with Crippen molar-refractivity contribution in [2.45, 2.75) is 4.90 Å². The lowest BCUT2D eigenvalue weighted by Gasteiger charge is -2.15. The fourth-order valence-electron chi connectivity index (χ4n) is 2.61. The van der Waals surface area contributed by atoms with Crippen molar-refractivity contribution in [3.05, 3.63) is 59.9 Å². The zero-order chi connectivity index (χ0) is 21.2. The van der Waals surface area contributed by atoms with Crippen molar-refractivity contribution in [2.24, 2.45) is 0 Å². The molecule has 0 atom stereocenters. The zero-order valence-corrected chi connectivity index (χ0v) is 16.9. The van der Waals surface area contributed by atoms with Gasteiger partial charge >= 0.3 is 5.97 Å². The number of hydrogen-bond donors (Lipinski definition) is 0. The van der Waals surface area contributed by atoms with Crippen molar-refractivity contribution in [1.82, 2.24) is 4.31 Å². The van der Waals surface area contributed by atoms with E-state index in [1.165, 1.54) is 33.3 Å². The number of sulfonamides is 1. The highest BCUT2D eigenvalue weighted by molar-refractivity contribution is 7.89. The van der Waals surface area contributed by atoms with E-state index in [1.54, 1.807) is 24.3 Å². The van der Waals surface area contributed by atoms with Gasteiger partial charge < -0.3 is 13.9 Å². The average molecular weight is 417 g/mol. The van der Waals surface area contributed by atoms with Crippen molar-refractivity contribution >= 4 is 32.7 Å². The standard InChI is InChI=1S/C20H19NO7S/c1-21(2)29(24,25)19-11-14(8-9-17(19)26-3)20(23)27-12-15(22)18-10-13-6-4-5-7-16(13)28-18/h4-11H,12H2,1-3H3. The molecule has 1 heterocycles. The van der Waals surface area contributed by atoms with Gasteiger partial charge in [-0.25, -0.2) is 17.5 Å². The van der Waals surface area contributed by atoms with Gasteiger partial charge in [-0.2, -0.15) is 0 Å². The molecule has 0 bridgehead atoms. The van der Waals surface area contributed by atoms with Gasteiger partial charge in [0.05, 0.1) is 12.7 Å². The topological polar surface area (TPSA) is 103 Å². The highest BCUT2D eigenvalue weighted by atomic mass is 32.2. The molecule has 0 aliphatic heterocycles. The van der Waals surface area contributed by atoms with Gasteiger partial charge in [-0.1, -0.05) is 18.2 Å². The molecule has 0 saturated heterocycles. The van der Waals surface area contributed by atoms with Crippen molar-refractivity contribution in [3.63, 3.8) is 0 Å². The summed E-state index contributed by atoms with van der Waals surface area (Å²) >= 11 is 0. The number of esters is 1. The third kappa shape index (κ3) is 4.15. The molecule has 0 unspecified atom stereocenters. The molecule has 152 valence electrons. The van der Waals surface area contributed by atoms with Crippen LogP contribution in [0, 0.1) is 0 Å². The van der Waals surface area contributed by atoms with Crippen LogP contribution >= 0.6 is 0 Å². The van der Waals surface area contributed by atoms with Crippen LogP contribution in [0.1, 0.15) is 20.9 Å². The molecule has 0 N–H and O–H groups in total. The molecule has 0 aliphatic carbocycles. The van der Waals surface area contributed by atoms with Crippen LogP contribution in [-0.4, -0.2) is 52.3 Å². The summed E-state index contributed by atoms with van der Waals surface area (Å²) in [6, 6.07) is 12.6. The molecule has 0 aliphatic rings. The molecular weight excluding hydrogens is 398 g/mol. The number of ether oxygens (including phenoxy) is 2. The third-order valence-corrected chi connectivity index (χ3v) is 6.03. The van der Waals surface area contributed by atoms with E-state index >= 15 is 0 Å². The number of Topliss-reactive ketones (excluding diaryl/α,β-unsaturated/α-hetero) is 1. The molecule has 8 nitrogen and oxygen atoms in total. The van der Waals surface area contributed by atoms with Gasteiger partial charge in [0.2, 0.25) is 15.8 Å². The summed E-state index contributed by atoms with van der Waals surface area (Å²) in [5, 5.41) is 0.760. The smallest absolute Gasteiger partial charge is 0.338 e. The molecule has 29 heavy (non-hydrogen) atoms. The second kappa shape index (κ2) is 8.06. The van der Waals surface area contributed by atoms with E-state index < -0.39 is 28.4 Å². The molecule has 1 aromatic heterocycles. The summed E-state index contributed by atoms with van der Waals surface area (Å²) in [5.74, 6) is -1.19. The number of methoxy groups -OCH3 is 1. The summed E-state index contributed by atoms with van der Waals surface area (Å²) in [7, 11) is 0.215. The summed E-state index contributed by atoms with van der Waals surface area (Å²) in [5.41, 5.74) is 0.527. The van der Waals surface area contributed by atoms with Crippen LogP contribution < -0.4 is 4.74 Å². The first kappa shape index (κ1) is 20.6. The Balaban J connectivity index is 1.77. The number of nitrogens with zero attached hydrogens (tertiary/aromatic N) is 1. The van der Waals surface area contributed by atoms with Crippen molar-refractivity contribution in [2.75, 3.05) is 27.8 Å². The van der Waals surface area contributed by atoms with E-state index in [0.29, 0.717) is 5.58 Å². The summed E-state index contributed by atoms with van der Waals surface area (Å²) in [4.78, 5) is 24.4. The Hall–Kier alpha value is -3.17. The summed E-state index contributed by atoms with van der Waals surface area (Å²) in [6.45, 7) is -0.541. The summed E-state index contributed by atoms with van der Waals surface area (Å²) < 4.78 is 41.5. The van der Waals surface area contributed by atoms with Crippen molar-refractivity contribution in [1.29, 1.82) is 0 Å². The minimum absolute atomic E-state index is 0.0244. The number of para-hydroxylation sites is 1. The first-order chi connectivity index (χ1) is 13.7. The fourth-order valence-corrected chi connectivity index (χ4v) is 3.68. The van der Waals surface area contributed by atoms with Crippen LogP contribution in [0.15, 0.2) is 57.8 Å². The molecule has 9 heteroatoms. The predicted octanol–water partition coefficient (Wildman–Crippen LogP) is 2.73. The van der Waals surface area contributed by atoms with Gasteiger partial charge in [0.25, 0.3) is 0 Å². The molecule has 0 amide bonds. The van der Waals surface area contributed by atoms with E-state index in [9.17, 15) is 18.0 Å². The predicted molar refractivity (Wildman–Crippen MR) is 105 cm³/mol. The number of fused-ring (bicyclic) bond motifs is 1. The molecule has 3 rings (SSSR count). The average Bonchev–Trinajstić information content (AvgIpc) is 3.15. The quantitative estimate of drug-likeness (QED) is 0.430. The first-order valence-electron chi connectivity index (χ1n) is 8.53. The van der Waals surface area contributed by atoms with Gasteiger partial charge in [0.15, 0.2) is 12.4 Å². The maximum atomic E-state index is 12.5. The Labute approximate surface area is 167 Å². The number of rotatable bonds is 7. The Morgan fingerprint density at radius 2 is 1.79 bits per heavy atom. The van der Waals surface area contributed by atoms with Crippen LogP contribution in [0.2, 0.25) is 0 Å². The van der Waals surface area contributed by atoms with E-state index in [4.69, 9.17) is 13.9 Å². The molecule has 0 saturated carbocycles. The maximum Gasteiger partial charge on any atom is 0.338 e. The fraction of sp³-hybridized carbons (Fsp3) is 0.200. The van der Waals surface area contributed by atoms with E-state index in [1.807, 2.05) is 6.07 Å². The van der Waals surface area contributed by atoms with Crippen molar-refractivity contribution in [3.8, 4) is 5.75 Å². The van der Waals surface area contributed by atoms with Gasteiger partial charge in [0, 0.05) is 19.5 Å². The second-order valence-electron chi connectivity index (χ2n) is 6.30. The lowest BCUT2D eigenvalue weighted by atomic mass is 10.2. The van der Waals surface area contributed by atoms with Crippen LogP contribution in [0.4, 0.5) is 0 Å². The lowest BCUT2D eigenvalue weighted by molar-refractivity contribution is 0.0468. The first-order valence-corrected chi connectivity index (χ1v) is 9.97. The number of carbonyl (C=O) groups excluding carboxylic acids is 2. The van der Waals surface area contributed by atoms with Gasteiger partial charge in [0.1, 0.15) is 16.2 Å². The lowest BCUT2D eigenvalue weighted by Crippen LogP contribution is -2.23. The molecule has 0 radical (unpaired) electrons. The monoisotopic (exact) mass is 417 g/mol. The van der Waals surface area contributed by atoms with Crippen LogP contribution in [-0.2, 0) is 14.8 Å². The third-order valence-electron chi connectivity index (χ3n) is 4.19. The maximum absolute atomic E-state index is 12.5. The van der Waals surface area contributed by atoms with Crippen LogP contribution in [0.3, 0.4) is 0 Å². The Bertz CT molecular complexity index is 1150. The van der Waals surface area contributed by atoms with Crippen LogP contribution in [0.25, 0.3) is 11.0 Å². The molecule has 0 spiro atoms. The summed E-state index contributed by atoms with van der Waals surface area (Å²) in [6.07, 6.45) is 0. The van der Waals surface area contributed by atoms with Crippen LogP contribution in [0.5, 0.6) is 5.75 Å². The van der Waals surface area contributed by atoms with Gasteiger partial charge in [-0.3, -0.25) is 4.79 Å². The number of ketones is 1. The minimum Gasteiger partial charge on any atom is -0.495 e. The SMILES string of the molecule is COc1ccc(C(=O)OCC(=O)c2cc3ccccc3o2)cc1S(=O)(=O)N(C)C. The van der Waals surface area contributed by atoms with E-state index in [2.05, 4.69) is 0 Å². The number of benzene rings is 2. The molecule has 2 aromatic carbocycles. The van der Waals surface area contributed by atoms with Crippen molar-refractivity contribution < 1.29 is 31.9 Å².